The molecule has 2 aromatic carbocycles. The van der Waals surface area contributed by atoms with Crippen LogP contribution in [0.5, 0.6) is 11.5 Å². The van der Waals surface area contributed by atoms with Gasteiger partial charge in [0.2, 0.25) is 0 Å². The van der Waals surface area contributed by atoms with Crippen molar-refractivity contribution in [3.8, 4) is 22.6 Å². The largest absolute Gasteiger partial charge is 0.497 e. The van der Waals surface area contributed by atoms with Gasteiger partial charge in [-0.15, -0.1) is 0 Å². The van der Waals surface area contributed by atoms with Crippen LogP contribution in [-0.4, -0.2) is 28.6 Å². The lowest BCUT2D eigenvalue weighted by molar-refractivity contribution is 0.398. The van der Waals surface area contributed by atoms with Crippen molar-refractivity contribution in [1.82, 2.24) is 14.3 Å². The first kappa shape index (κ1) is 14.6. The summed E-state index contributed by atoms with van der Waals surface area (Å²) in [5, 5.41) is 6.73. The molecular formula is C19H19N3O2. The summed E-state index contributed by atoms with van der Waals surface area (Å²) in [4.78, 5) is 0. The van der Waals surface area contributed by atoms with Gasteiger partial charge in [-0.05, 0) is 11.6 Å². The van der Waals surface area contributed by atoms with E-state index in [0.29, 0.717) is 0 Å². The fraction of sp³-hybridized carbons (Fsp3) is 0.211. The molecule has 0 radical (unpaired) electrons. The number of rotatable bonds is 3. The van der Waals surface area contributed by atoms with Crippen LogP contribution in [-0.2, 0) is 14.1 Å². The molecule has 5 heteroatoms. The second kappa shape index (κ2) is 5.30. The van der Waals surface area contributed by atoms with Crippen LogP contribution in [0.25, 0.3) is 32.9 Å². The Morgan fingerprint density at radius 3 is 2.54 bits per heavy atom. The summed E-state index contributed by atoms with van der Waals surface area (Å²) in [5.41, 5.74) is 4.34. The van der Waals surface area contributed by atoms with E-state index in [2.05, 4.69) is 28.1 Å². The standard InChI is InChI=1S/C19H19N3O2/c1-21-10-15(13-6-5-7-16-14(13)11-22(2)20-16)19-17(21)8-12(23-3)9-18(19)24-4/h5-11H,1-4H3. The zero-order valence-corrected chi connectivity index (χ0v) is 14.2. The van der Waals surface area contributed by atoms with E-state index in [1.807, 2.05) is 43.0 Å². The Morgan fingerprint density at radius 1 is 0.958 bits per heavy atom. The summed E-state index contributed by atoms with van der Waals surface area (Å²) in [5.74, 6) is 1.59. The molecule has 0 N–H and O–H groups in total. The molecule has 0 spiro atoms. The Kier molecular flexibility index (Phi) is 3.23. The minimum atomic E-state index is 0.784. The number of methoxy groups -OCH3 is 2. The Labute approximate surface area is 140 Å². The van der Waals surface area contributed by atoms with Crippen molar-refractivity contribution in [2.45, 2.75) is 0 Å². The number of hydrogen-bond acceptors (Lipinski definition) is 3. The SMILES string of the molecule is COc1cc(OC)c2c(-c3cccc4nn(C)cc34)cn(C)c2c1. The van der Waals surface area contributed by atoms with E-state index in [1.165, 1.54) is 0 Å². The predicted octanol–water partition coefficient (Wildman–Crippen LogP) is 3.75. The molecule has 0 saturated carbocycles. The van der Waals surface area contributed by atoms with E-state index in [0.717, 1.165) is 44.4 Å². The highest BCUT2D eigenvalue weighted by atomic mass is 16.5. The molecule has 24 heavy (non-hydrogen) atoms. The van der Waals surface area contributed by atoms with Gasteiger partial charge in [-0.1, -0.05) is 12.1 Å². The van der Waals surface area contributed by atoms with Gasteiger partial charge in [-0.25, -0.2) is 0 Å². The first-order chi connectivity index (χ1) is 11.6. The number of fused-ring (bicyclic) bond motifs is 2. The number of aryl methyl sites for hydroxylation is 2. The van der Waals surface area contributed by atoms with Crippen molar-refractivity contribution in [3.63, 3.8) is 0 Å². The Morgan fingerprint density at radius 2 is 1.79 bits per heavy atom. The highest BCUT2D eigenvalue weighted by molar-refractivity contribution is 6.07. The summed E-state index contributed by atoms with van der Waals surface area (Å²) in [6, 6.07) is 10.2. The van der Waals surface area contributed by atoms with E-state index in [4.69, 9.17) is 9.47 Å². The molecule has 4 rings (SSSR count). The van der Waals surface area contributed by atoms with Gasteiger partial charge in [0, 0.05) is 55.0 Å². The second-order valence-electron chi connectivity index (χ2n) is 5.92. The van der Waals surface area contributed by atoms with E-state index >= 15 is 0 Å². The Hall–Kier alpha value is -2.95. The topological polar surface area (TPSA) is 41.2 Å². The van der Waals surface area contributed by atoms with E-state index in [-0.39, 0.29) is 0 Å². The van der Waals surface area contributed by atoms with Gasteiger partial charge < -0.3 is 14.0 Å². The first-order valence-electron chi connectivity index (χ1n) is 7.76. The molecule has 0 aliphatic heterocycles. The predicted molar refractivity (Wildman–Crippen MR) is 95.7 cm³/mol. The van der Waals surface area contributed by atoms with Crippen LogP contribution < -0.4 is 9.47 Å². The van der Waals surface area contributed by atoms with Gasteiger partial charge in [-0.3, -0.25) is 4.68 Å². The average Bonchev–Trinajstić information content (AvgIpc) is 3.13. The maximum atomic E-state index is 5.65. The second-order valence-corrected chi connectivity index (χ2v) is 5.92. The molecule has 0 unspecified atom stereocenters. The van der Waals surface area contributed by atoms with E-state index in [9.17, 15) is 0 Å². The third-order valence-corrected chi connectivity index (χ3v) is 4.44. The number of aromatic nitrogens is 3. The molecule has 0 atom stereocenters. The molecule has 2 aromatic heterocycles. The summed E-state index contributed by atoms with van der Waals surface area (Å²) in [6.07, 6.45) is 4.19. The van der Waals surface area contributed by atoms with Crippen molar-refractivity contribution < 1.29 is 9.47 Å². The first-order valence-corrected chi connectivity index (χ1v) is 7.76. The minimum absolute atomic E-state index is 0.784. The molecule has 2 heterocycles. The lowest BCUT2D eigenvalue weighted by atomic mass is 10.0. The van der Waals surface area contributed by atoms with E-state index in [1.54, 1.807) is 14.2 Å². The molecule has 5 nitrogen and oxygen atoms in total. The number of nitrogens with zero attached hydrogens (tertiary/aromatic N) is 3. The number of ether oxygens (including phenoxy) is 2. The Bertz CT molecular complexity index is 1060. The van der Waals surface area contributed by atoms with Gasteiger partial charge in [-0.2, -0.15) is 5.10 Å². The van der Waals surface area contributed by atoms with Crippen LogP contribution in [0, 0.1) is 0 Å². The van der Waals surface area contributed by atoms with Gasteiger partial charge >= 0.3 is 0 Å². The van der Waals surface area contributed by atoms with Crippen molar-refractivity contribution in [2.75, 3.05) is 14.2 Å². The summed E-state index contributed by atoms with van der Waals surface area (Å²) in [6.45, 7) is 0. The average molecular weight is 321 g/mol. The molecule has 0 bridgehead atoms. The summed E-state index contributed by atoms with van der Waals surface area (Å²) >= 11 is 0. The quantitative estimate of drug-likeness (QED) is 0.577. The van der Waals surface area contributed by atoms with Gasteiger partial charge in [0.15, 0.2) is 0 Å². The molecule has 0 amide bonds. The summed E-state index contributed by atoms with van der Waals surface area (Å²) < 4.78 is 15.0. The zero-order chi connectivity index (χ0) is 16.8. The van der Waals surface area contributed by atoms with Crippen LogP contribution in [0.15, 0.2) is 42.7 Å². The van der Waals surface area contributed by atoms with Crippen LogP contribution in [0.2, 0.25) is 0 Å². The fourth-order valence-electron chi connectivity index (χ4n) is 3.33. The lowest BCUT2D eigenvalue weighted by Gasteiger charge is -2.09. The third-order valence-electron chi connectivity index (χ3n) is 4.44. The van der Waals surface area contributed by atoms with E-state index < -0.39 is 0 Å². The lowest BCUT2D eigenvalue weighted by Crippen LogP contribution is -1.90. The molecule has 0 aliphatic carbocycles. The van der Waals surface area contributed by atoms with Crippen LogP contribution in [0.4, 0.5) is 0 Å². The normalized spacial score (nSPS) is 11.3. The molecule has 0 fully saturated rings. The van der Waals surface area contributed by atoms with Crippen molar-refractivity contribution >= 4 is 21.8 Å². The van der Waals surface area contributed by atoms with Gasteiger partial charge in [0.25, 0.3) is 0 Å². The van der Waals surface area contributed by atoms with Crippen LogP contribution in [0.3, 0.4) is 0 Å². The van der Waals surface area contributed by atoms with Gasteiger partial charge in [0.1, 0.15) is 11.5 Å². The summed E-state index contributed by atoms with van der Waals surface area (Å²) in [7, 11) is 7.34. The van der Waals surface area contributed by atoms with Crippen molar-refractivity contribution in [2.24, 2.45) is 14.1 Å². The fourth-order valence-corrected chi connectivity index (χ4v) is 3.33. The highest BCUT2D eigenvalue weighted by Crippen LogP contribution is 2.41. The molecular weight excluding hydrogens is 302 g/mol. The monoisotopic (exact) mass is 321 g/mol. The molecule has 0 saturated heterocycles. The number of benzene rings is 2. The molecule has 122 valence electrons. The zero-order valence-electron chi connectivity index (χ0n) is 14.2. The van der Waals surface area contributed by atoms with Crippen LogP contribution in [0.1, 0.15) is 0 Å². The van der Waals surface area contributed by atoms with Crippen LogP contribution >= 0.6 is 0 Å². The molecule has 4 aromatic rings. The minimum Gasteiger partial charge on any atom is -0.497 e. The highest BCUT2D eigenvalue weighted by Gasteiger charge is 2.17. The maximum Gasteiger partial charge on any atom is 0.132 e. The van der Waals surface area contributed by atoms with Gasteiger partial charge in [0.05, 0.1) is 25.3 Å². The third kappa shape index (κ3) is 2.05. The number of hydrogen-bond donors (Lipinski definition) is 0. The molecule has 0 aliphatic rings. The van der Waals surface area contributed by atoms with Crippen molar-refractivity contribution in [3.05, 3.63) is 42.7 Å². The smallest absolute Gasteiger partial charge is 0.132 e. The Balaban J connectivity index is 2.10. The van der Waals surface area contributed by atoms with Crippen molar-refractivity contribution in [1.29, 1.82) is 0 Å². The maximum absolute atomic E-state index is 5.65.